The molecule has 0 unspecified atom stereocenters. The molecule has 2 rings (SSSR count). The number of aromatic nitrogens is 2. The zero-order chi connectivity index (χ0) is 13.8. The average molecular weight is 261 g/mol. The van der Waals surface area contributed by atoms with Crippen LogP contribution in [0.4, 0.5) is 5.82 Å². The molecule has 1 aromatic heterocycles. The molecule has 0 aliphatic rings. The molecule has 0 spiro atoms. The number of hydrogen-bond donors (Lipinski definition) is 2. The van der Waals surface area contributed by atoms with E-state index in [0.29, 0.717) is 22.9 Å². The van der Waals surface area contributed by atoms with Crippen LogP contribution >= 0.6 is 0 Å². The fraction of sp³-hybridized carbons (Fsp3) is 0.231. The van der Waals surface area contributed by atoms with E-state index in [1.54, 1.807) is 24.4 Å². The molecule has 2 N–H and O–H groups in total. The van der Waals surface area contributed by atoms with Crippen LogP contribution in [0, 0.1) is 6.92 Å². The molecule has 0 atom stereocenters. The van der Waals surface area contributed by atoms with Gasteiger partial charge >= 0.3 is 0 Å². The molecule has 1 heterocycles. The summed E-state index contributed by atoms with van der Waals surface area (Å²) in [5.74, 6) is 1.44. The Morgan fingerprint density at radius 2 is 1.84 bits per heavy atom. The SMILES string of the molecule is COc1cc(OC)cc(C(=O)Nc2[nH]ncc2C)c1. The van der Waals surface area contributed by atoms with Crippen LogP contribution in [0.2, 0.25) is 0 Å². The Labute approximate surface area is 110 Å². The molecule has 6 heteroatoms. The standard InChI is InChI=1S/C13H15N3O3/c1-8-7-14-16-12(8)15-13(17)9-4-10(18-2)6-11(5-9)19-3/h4-7H,1-3H3,(H2,14,15,16,17). The lowest BCUT2D eigenvalue weighted by Gasteiger charge is -2.08. The molecule has 100 valence electrons. The summed E-state index contributed by atoms with van der Waals surface area (Å²) >= 11 is 0. The minimum Gasteiger partial charge on any atom is -0.497 e. The number of aromatic amines is 1. The maximum absolute atomic E-state index is 12.1. The fourth-order valence-corrected chi connectivity index (χ4v) is 1.60. The third kappa shape index (κ3) is 2.85. The molecule has 19 heavy (non-hydrogen) atoms. The summed E-state index contributed by atoms with van der Waals surface area (Å²) in [6.07, 6.45) is 1.64. The number of aryl methyl sites for hydroxylation is 1. The van der Waals surface area contributed by atoms with Gasteiger partial charge in [0, 0.05) is 17.2 Å². The van der Waals surface area contributed by atoms with Gasteiger partial charge in [-0.15, -0.1) is 0 Å². The summed E-state index contributed by atoms with van der Waals surface area (Å²) in [6.45, 7) is 1.85. The van der Waals surface area contributed by atoms with Gasteiger partial charge in [-0.3, -0.25) is 9.89 Å². The second kappa shape index (κ2) is 5.43. The Balaban J connectivity index is 2.25. The lowest BCUT2D eigenvalue weighted by Crippen LogP contribution is -2.13. The average Bonchev–Trinajstić information content (AvgIpc) is 2.83. The van der Waals surface area contributed by atoms with Gasteiger partial charge in [0.1, 0.15) is 17.3 Å². The molecule has 6 nitrogen and oxygen atoms in total. The van der Waals surface area contributed by atoms with Crippen molar-refractivity contribution in [2.75, 3.05) is 19.5 Å². The first-order valence-electron chi connectivity index (χ1n) is 5.68. The topological polar surface area (TPSA) is 76.2 Å². The van der Waals surface area contributed by atoms with Crippen molar-refractivity contribution < 1.29 is 14.3 Å². The van der Waals surface area contributed by atoms with Crippen LogP contribution in [-0.4, -0.2) is 30.3 Å². The number of amides is 1. The molecule has 0 fully saturated rings. The van der Waals surface area contributed by atoms with E-state index in [9.17, 15) is 4.79 Å². The Morgan fingerprint density at radius 3 is 2.32 bits per heavy atom. The smallest absolute Gasteiger partial charge is 0.257 e. The summed E-state index contributed by atoms with van der Waals surface area (Å²) in [5, 5.41) is 9.31. The number of anilines is 1. The number of carbonyl (C=O) groups excluding carboxylic acids is 1. The van der Waals surface area contributed by atoms with Crippen molar-refractivity contribution >= 4 is 11.7 Å². The second-order valence-corrected chi connectivity index (χ2v) is 3.98. The zero-order valence-corrected chi connectivity index (χ0v) is 11.0. The summed E-state index contributed by atoms with van der Waals surface area (Å²) in [4.78, 5) is 12.1. The molecule has 1 amide bonds. The van der Waals surface area contributed by atoms with Crippen molar-refractivity contribution in [3.63, 3.8) is 0 Å². The highest BCUT2D eigenvalue weighted by molar-refractivity contribution is 6.04. The maximum Gasteiger partial charge on any atom is 0.257 e. The number of rotatable bonds is 4. The lowest BCUT2D eigenvalue weighted by atomic mass is 10.2. The number of benzene rings is 1. The predicted octanol–water partition coefficient (Wildman–Crippen LogP) is 1.99. The number of nitrogens with one attached hydrogen (secondary N) is 2. The molecular formula is C13H15N3O3. The number of methoxy groups -OCH3 is 2. The first-order valence-corrected chi connectivity index (χ1v) is 5.68. The van der Waals surface area contributed by atoms with Crippen molar-refractivity contribution in [3.05, 3.63) is 35.5 Å². The van der Waals surface area contributed by atoms with E-state index >= 15 is 0 Å². The van der Waals surface area contributed by atoms with Crippen LogP contribution in [0.25, 0.3) is 0 Å². The minimum atomic E-state index is -0.260. The van der Waals surface area contributed by atoms with Crippen LogP contribution in [0.15, 0.2) is 24.4 Å². The Kier molecular flexibility index (Phi) is 3.70. The molecule has 0 aliphatic heterocycles. The normalized spacial score (nSPS) is 10.1. The monoisotopic (exact) mass is 261 g/mol. The minimum absolute atomic E-state index is 0.260. The summed E-state index contributed by atoms with van der Waals surface area (Å²) < 4.78 is 10.3. The van der Waals surface area contributed by atoms with E-state index in [0.717, 1.165) is 5.56 Å². The Morgan fingerprint density at radius 1 is 1.21 bits per heavy atom. The molecule has 2 aromatic rings. The van der Waals surface area contributed by atoms with Gasteiger partial charge < -0.3 is 14.8 Å². The summed E-state index contributed by atoms with van der Waals surface area (Å²) in [6, 6.07) is 4.99. The first kappa shape index (κ1) is 12.9. The maximum atomic E-state index is 12.1. The van der Waals surface area contributed by atoms with Crippen LogP contribution in [0.5, 0.6) is 11.5 Å². The van der Waals surface area contributed by atoms with Crippen molar-refractivity contribution in [2.24, 2.45) is 0 Å². The molecule has 0 saturated carbocycles. The third-order valence-corrected chi connectivity index (χ3v) is 2.68. The van der Waals surface area contributed by atoms with E-state index in [4.69, 9.17) is 9.47 Å². The van der Waals surface area contributed by atoms with Crippen molar-refractivity contribution in [1.82, 2.24) is 10.2 Å². The number of H-pyrrole nitrogens is 1. The number of nitrogens with zero attached hydrogens (tertiary/aromatic N) is 1. The fourth-order valence-electron chi connectivity index (χ4n) is 1.60. The molecule has 0 saturated heterocycles. The van der Waals surface area contributed by atoms with Crippen LogP contribution < -0.4 is 14.8 Å². The quantitative estimate of drug-likeness (QED) is 0.882. The molecule has 1 aromatic carbocycles. The highest BCUT2D eigenvalue weighted by Crippen LogP contribution is 2.23. The van der Waals surface area contributed by atoms with Gasteiger partial charge in [0.2, 0.25) is 0 Å². The van der Waals surface area contributed by atoms with E-state index < -0.39 is 0 Å². The van der Waals surface area contributed by atoms with E-state index in [1.165, 1.54) is 14.2 Å². The van der Waals surface area contributed by atoms with Crippen molar-refractivity contribution in [1.29, 1.82) is 0 Å². The highest BCUT2D eigenvalue weighted by Gasteiger charge is 2.11. The van der Waals surface area contributed by atoms with Gasteiger partial charge in [-0.25, -0.2) is 0 Å². The number of carbonyl (C=O) groups is 1. The van der Waals surface area contributed by atoms with E-state index in [2.05, 4.69) is 15.5 Å². The van der Waals surface area contributed by atoms with E-state index in [1.807, 2.05) is 6.92 Å². The highest BCUT2D eigenvalue weighted by atomic mass is 16.5. The summed E-state index contributed by atoms with van der Waals surface area (Å²) in [5.41, 5.74) is 1.31. The van der Waals surface area contributed by atoms with Gasteiger partial charge in [-0.1, -0.05) is 0 Å². The summed E-state index contributed by atoms with van der Waals surface area (Å²) in [7, 11) is 3.07. The molecule has 0 radical (unpaired) electrons. The number of hydrogen-bond acceptors (Lipinski definition) is 4. The van der Waals surface area contributed by atoms with Gasteiger partial charge in [-0.05, 0) is 19.1 Å². The van der Waals surface area contributed by atoms with Crippen LogP contribution in [-0.2, 0) is 0 Å². The Bertz CT molecular complexity index is 570. The predicted molar refractivity (Wildman–Crippen MR) is 70.8 cm³/mol. The second-order valence-electron chi connectivity index (χ2n) is 3.98. The van der Waals surface area contributed by atoms with E-state index in [-0.39, 0.29) is 5.91 Å². The number of ether oxygens (including phenoxy) is 2. The van der Waals surface area contributed by atoms with Crippen molar-refractivity contribution in [2.45, 2.75) is 6.92 Å². The van der Waals surface area contributed by atoms with Crippen LogP contribution in [0.3, 0.4) is 0 Å². The largest absolute Gasteiger partial charge is 0.497 e. The van der Waals surface area contributed by atoms with Gasteiger partial charge in [0.05, 0.1) is 20.4 Å². The van der Waals surface area contributed by atoms with Gasteiger partial charge in [-0.2, -0.15) is 5.10 Å². The zero-order valence-electron chi connectivity index (χ0n) is 11.0. The molecule has 0 aliphatic carbocycles. The van der Waals surface area contributed by atoms with Gasteiger partial charge in [0.25, 0.3) is 5.91 Å². The molecule has 0 bridgehead atoms. The Hall–Kier alpha value is -2.50. The third-order valence-electron chi connectivity index (χ3n) is 2.68. The van der Waals surface area contributed by atoms with Crippen molar-refractivity contribution in [3.8, 4) is 11.5 Å². The molecular weight excluding hydrogens is 246 g/mol. The lowest BCUT2D eigenvalue weighted by molar-refractivity contribution is 0.102. The first-order chi connectivity index (χ1) is 9.13. The van der Waals surface area contributed by atoms with Gasteiger partial charge in [0.15, 0.2) is 0 Å². The van der Waals surface area contributed by atoms with Crippen LogP contribution in [0.1, 0.15) is 15.9 Å².